The van der Waals surface area contributed by atoms with Gasteiger partial charge in [0.1, 0.15) is 12.6 Å². The summed E-state index contributed by atoms with van der Waals surface area (Å²) in [5.74, 6) is -1.89. The van der Waals surface area contributed by atoms with Gasteiger partial charge in [-0.1, -0.05) is 57.9 Å². The number of ether oxygens (including phenoxy) is 1. The van der Waals surface area contributed by atoms with Gasteiger partial charge < -0.3 is 25.6 Å². The van der Waals surface area contributed by atoms with Crippen molar-refractivity contribution in [2.24, 2.45) is 0 Å². The molecule has 0 unspecified atom stereocenters. The highest BCUT2D eigenvalue weighted by atomic mass is 79.9. The summed E-state index contributed by atoms with van der Waals surface area (Å²) in [5.41, 5.74) is 1.42. The van der Waals surface area contributed by atoms with Crippen molar-refractivity contribution in [3.05, 3.63) is 69.2 Å². The van der Waals surface area contributed by atoms with Gasteiger partial charge in [-0.3, -0.25) is 4.79 Å². The molecule has 8 nitrogen and oxygen atoms in total. The largest absolute Gasteiger partial charge is 0.480 e. The Balaban J connectivity index is 1.77. The predicted molar refractivity (Wildman–Crippen MR) is 118 cm³/mol. The maximum absolute atomic E-state index is 12.1. The molecule has 31 heavy (non-hydrogen) atoms. The number of aliphatic carboxylic acids is 1. The lowest BCUT2D eigenvalue weighted by Gasteiger charge is -2.17. The van der Waals surface area contributed by atoms with E-state index in [0.717, 1.165) is 5.56 Å². The number of hydrogen-bond acceptors (Lipinski definition) is 5. The standard InChI is InChI=1S/C21H22BrClN2O6/c22-17-7-6-15(23)8-14(17)9-18(20(28)29)25-19(27)10-16(26)11-24-21(30)31-12-13-4-2-1-3-5-13/h1-8,16,18,26H,9-12H2,(H,24,30)(H,25,27)(H,28,29)/t16-,18+/m0/s1. The number of aliphatic hydroxyl groups excluding tert-OH is 1. The normalized spacial score (nSPS) is 12.5. The third-order valence-electron chi connectivity index (χ3n) is 4.18. The zero-order valence-electron chi connectivity index (χ0n) is 16.4. The van der Waals surface area contributed by atoms with Gasteiger partial charge in [0.15, 0.2) is 0 Å². The zero-order valence-corrected chi connectivity index (χ0v) is 18.7. The summed E-state index contributed by atoms with van der Waals surface area (Å²) in [6.45, 7) is -0.152. The maximum atomic E-state index is 12.1. The molecule has 0 aliphatic heterocycles. The minimum atomic E-state index is -1.22. The van der Waals surface area contributed by atoms with Gasteiger partial charge in [0.25, 0.3) is 0 Å². The van der Waals surface area contributed by atoms with E-state index in [1.54, 1.807) is 30.3 Å². The number of amides is 2. The fourth-order valence-corrected chi connectivity index (χ4v) is 3.24. The SMILES string of the molecule is O=C(C[C@H](O)CNC(=O)OCc1ccccc1)N[C@H](Cc1cc(Cl)ccc1Br)C(=O)O. The number of aliphatic hydroxyl groups is 1. The Morgan fingerprint density at radius 1 is 1.13 bits per heavy atom. The fraction of sp³-hybridized carbons (Fsp3) is 0.286. The summed E-state index contributed by atoms with van der Waals surface area (Å²) in [7, 11) is 0. The third-order valence-corrected chi connectivity index (χ3v) is 5.19. The molecule has 0 bridgehead atoms. The van der Waals surface area contributed by atoms with E-state index in [0.29, 0.717) is 15.1 Å². The number of hydrogen-bond donors (Lipinski definition) is 4. The molecule has 0 heterocycles. The second kappa shape index (κ2) is 12.3. The number of carbonyl (C=O) groups excluding carboxylic acids is 2. The van der Waals surface area contributed by atoms with Crippen LogP contribution in [0.25, 0.3) is 0 Å². The van der Waals surface area contributed by atoms with Crippen LogP contribution >= 0.6 is 27.5 Å². The molecule has 0 saturated carbocycles. The second-order valence-corrected chi connectivity index (χ2v) is 7.99. The molecule has 4 N–H and O–H groups in total. The van der Waals surface area contributed by atoms with Gasteiger partial charge >= 0.3 is 12.1 Å². The number of alkyl carbamates (subject to hydrolysis) is 1. The van der Waals surface area contributed by atoms with Crippen molar-refractivity contribution in [3.63, 3.8) is 0 Å². The quantitative estimate of drug-likeness (QED) is 0.387. The first-order valence-corrected chi connectivity index (χ1v) is 10.5. The molecule has 2 amide bonds. The van der Waals surface area contributed by atoms with Crippen LogP contribution in [-0.4, -0.2) is 46.9 Å². The van der Waals surface area contributed by atoms with E-state index in [-0.39, 0.29) is 26.0 Å². The van der Waals surface area contributed by atoms with E-state index in [1.165, 1.54) is 0 Å². The topological polar surface area (TPSA) is 125 Å². The molecule has 166 valence electrons. The molecule has 0 radical (unpaired) electrons. The van der Waals surface area contributed by atoms with E-state index >= 15 is 0 Å². The van der Waals surface area contributed by atoms with Crippen LogP contribution in [0.1, 0.15) is 17.5 Å². The van der Waals surface area contributed by atoms with Crippen molar-refractivity contribution in [3.8, 4) is 0 Å². The first-order valence-electron chi connectivity index (χ1n) is 9.33. The number of nitrogens with one attached hydrogen (secondary N) is 2. The molecular formula is C21H22BrClN2O6. The van der Waals surface area contributed by atoms with Crippen LogP contribution < -0.4 is 10.6 Å². The Hall–Kier alpha value is -2.62. The molecule has 2 rings (SSSR count). The number of rotatable bonds is 10. The molecule has 0 aliphatic rings. The zero-order chi connectivity index (χ0) is 22.8. The van der Waals surface area contributed by atoms with Gasteiger partial charge in [-0.05, 0) is 29.3 Å². The Labute approximate surface area is 192 Å². The van der Waals surface area contributed by atoms with Gasteiger partial charge in [0, 0.05) is 22.5 Å². The predicted octanol–water partition coefficient (Wildman–Crippen LogP) is 2.89. The molecule has 0 fully saturated rings. The lowest BCUT2D eigenvalue weighted by Crippen LogP contribution is -2.44. The Kier molecular flexibility index (Phi) is 9.77. The van der Waals surface area contributed by atoms with Crippen LogP contribution in [0.3, 0.4) is 0 Å². The highest BCUT2D eigenvalue weighted by molar-refractivity contribution is 9.10. The monoisotopic (exact) mass is 512 g/mol. The van der Waals surface area contributed by atoms with Crippen LogP contribution in [0.15, 0.2) is 53.0 Å². The van der Waals surface area contributed by atoms with Crippen molar-refractivity contribution in [2.45, 2.75) is 31.6 Å². The highest BCUT2D eigenvalue weighted by Crippen LogP contribution is 2.22. The van der Waals surface area contributed by atoms with E-state index in [2.05, 4.69) is 26.6 Å². The van der Waals surface area contributed by atoms with Crippen LogP contribution in [0.5, 0.6) is 0 Å². The lowest BCUT2D eigenvalue weighted by molar-refractivity contribution is -0.142. The van der Waals surface area contributed by atoms with Gasteiger partial charge in [0.2, 0.25) is 5.91 Å². The first-order chi connectivity index (χ1) is 14.7. The van der Waals surface area contributed by atoms with Crippen LogP contribution in [-0.2, 0) is 27.4 Å². The molecule has 0 saturated heterocycles. The van der Waals surface area contributed by atoms with Crippen LogP contribution in [0, 0.1) is 0 Å². The summed E-state index contributed by atoms with van der Waals surface area (Å²) < 4.78 is 5.67. The molecule has 2 aromatic rings. The lowest BCUT2D eigenvalue weighted by atomic mass is 10.1. The summed E-state index contributed by atoms with van der Waals surface area (Å²) >= 11 is 9.26. The first kappa shape index (κ1) is 24.6. The van der Waals surface area contributed by atoms with Crippen molar-refractivity contribution in [1.29, 1.82) is 0 Å². The highest BCUT2D eigenvalue weighted by Gasteiger charge is 2.23. The fourth-order valence-electron chi connectivity index (χ4n) is 2.63. The molecular weight excluding hydrogens is 492 g/mol. The average Bonchev–Trinajstić information content (AvgIpc) is 2.73. The van der Waals surface area contributed by atoms with Crippen LogP contribution in [0.2, 0.25) is 5.02 Å². The Bertz CT molecular complexity index is 912. The summed E-state index contributed by atoms with van der Waals surface area (Å²) in [5, 5.41) is 24.5. The smallest absolute Gasteiger partial charge is 0.407 e. The van der Waals surface area contributed by atoms with Crippen LogP contribution in [0.4, 0.5) is 4.79 Å². The summed E-state index contributed by atoms with van der Waals surface area (Å²) in [4.78, 5) is 35.4. The average molecular weight is 514 g/mol. The van der Waals surface area contributed by atoms with Crippen molar-refractivity contribution in [2.75, 3.05) is 6.54 Å². The molecule has 2 aromatic carbocycles. The Morgan fingerprint density at radius 2 is 1.84 bits per heavy atom. The number of carboxylic acids is 1. The van der Waals surface area contributed by atoms with Gasteiger partial charge in [-0.2, -0.15) is 0 Å². The van der Waals surface area contributed by atoms with Gasteiger partial charge in [-0.15, -0.1) is 0 Å². The van der Waals surface area contributed by atoms with Crippen molar-refractivity contribution >= 4 is 45.5 Å². The number of halogens is 2. The molecule has 0 aromatic heterocycles. The minimum absolute atomic E-state index is 0.00235. The summed E-state index contributed by atoms with van der Waals surface area (Å²) in [6, 6.07) is 12.8. The van der Waals surface area contributed by atoms with Crippen molar-refractivity contribution < 1.29 is 29.3 Å². The van der Waals surface area contributed by atoms with E-state index < -0.39 is 30.1 Å². The van der Waals surface area contributed by atoms with E-state index in [1.807, 2.05) is 18.2 Å². The molecule has 10 heteroatoms. The molecule has 2 atom stereocenters. The second-order valence-electron chi connectivity index (χ2n) is 6.70. The Morgan fingerprint density at radius 3 is 2.52 bits per heavy atom. The molecule has 0 spiro atoms. The van der Waals surface area contributed by atoms with Gasteiger partial charge in [-0.25, -0.2) is 9.59 Å². The minimum Gasteiger partial charge on any atom is -0.480 e. The number of benzene rings is 2. The maximum Gasteiger partial charge on any atom is 0.407 e. The van der Waals surface area contributed by atoms with E-state index in [9.17, 15) is 24.6 Å². The number of carbonyl (C=O) groups is 3. The third kappa shape index (κ3) is 8.95. The van der Waals surface area contributed by atoms with Crippen molar-refractivity contribution in [1.82, 2.24) is 10.6 Å². The number of carboxylic acid groups (broad SMARTS) is 1. The summed E-state index contributed by atoms with van der Waals surface area (Å²) in [6.07, 6.45) is -2.34. The van der Waals surface area contributed by atoms with E-state index in [4.69, 9.17) is 16.3 Å². The van der Waals surface area contributed by atoms with Gasteiger partial charge in [0.05, 0.1) is 12.5 Å². The molecule has 0 aliphatic carbocycles.